The standard InChI is InChI=1S/C21H22ClNO4/c1-21(2,3)27-19(25)10-11-23-20(26)15-6-4-14(5-7-15)18-12-17(22)9-8-16(18)13-24/h4-9,12-13H,10-11H2,1-3H3,(H,23,26). The van der Waals surface area contributed by atoms with Gasteiger partial charge in [-0.2, -0.15) is 0 Å². The van der Waals surface area contributed by atoms with Gasteiger partial charge in [0.05, 0.1) is 6.42 Å². The summed E-state index contributed by atoms with van der Waals surface area (Å²) in [5.74, 6) is -0.646. The van der Waals surface area contributed by atoms with E-state index in [1.54, 1.807) is 63.2 Å². The summed E-state index contributed by atoms with van der Waals surface area (Å²) in [5.41, 5.74) is 1.92. The summed E-state index contributed by atoms with van der Waals surface area (Å²) in [6.45, 7) is 5.57. The molecule has 27 heavy (non-hydrogen) atoms. The summed E-state index contributed by atoms with van der Waals surface area (Å²) in [6, 6.07) is 11.8. The van der Waals surface area contributed by atoms with E-state index in [4.69, 9.17) is 16.3 Å². The molecule has 0 aliphatic heterocycles. The van der Waals surface area contributed by atoms with Crippen molar-refractivity contribution in [3.05, 3.63) is 58.6 Å². The van der Waals surface area contributed by atoms with Crippen molar-refractivity contribution in [3.63, 3.8) is 0 Å². The minimum atomic E-state index is -0.544. The van der Waals surface area contributed by atoms with Gasteiger partial charge in [0.15, 0.2) is 6.29 Å². The number of aldehydes is 1. The molecule has 0 fully saturated rings. The van der Waals surface area contributed by atoms with Gasteiger partial charge >= 0.3 is 5.97 Å². The van der Waals surface area contributed by atoms with E-state index in [9.17, 15) is 14.4 Å². The first-order chi connectivity index (χ1) is 12.7. The Labute approximate surface area is 163 Å². The topological polar surface area (TPSA) is 72.5 Å². The number of nitrogens with one attached hydrogen (secondary N) is 1. The van der Waals surface area contributed by atoms with Crippen LogP contribution in [0.25, 0.3) is 11.1 Å². The Morgan fingerprint density at radius 2 is 1.78 bits per heavy atom. The lowest BCUT2D eigenvalue weighted by molar-refractivity contribution is -0.154. The average Bonchev–Trinajstić information content (AvgIpc) is 2.60. The molecule has 2 rings (SSSR count). The van der Waals surface area contributed by atoms with Gasteiger partial charge in [0.25, 0.3) is 5.91 Å². The van der Waals surface area contributed by atoms with Crippen molar-refractivity contribution in [2.75, 3.05) is 6.54 Å². The summed E-state index contributed by atoms with van der Waals surface area (Å²) in [6.07, 6.45) is 0.870. The van der Waals surface area contributed by atoms with Crippen LogP contribution in [0, 0.1) is 0 Å². The molecule has 2 aromatic rings. The van der Waals surface area contributed by atoms with Gasteiger partial charge < -0.3 is 10.1 Å². The number of rotatable bonds is 6. The molecule has 2 aromatic carbocycles. The molecule has 0 radical (unpaired) electrons. The fraction of sp³-hybridized carbons (Fsp3) is 0.286. The van der Waals surface area contributed by atoms with Crippen LogP contribution in [0.15, 0.2) is 42.5 Å². The lowest BCUT2D eigenvalue weighted by atomic mass is 9.99. The van der Waals surface area contributed by atoms with Crippen molar-refractivity contribution in [3.8, 4) is 11.1 Å². The zero-order valence-corrected chi connectivity index (χ0v) is 16.3. The maximum absolute atomic E-state index is 12.2. The first-order valence-electron chi connectivity index (χ1n) is 8.55. The van der Waals surface area contributed by atoms with Crippen LogP contribution < -0.4 is 5.32 Å². The number of carbonyl (C=O) groups is 3. The molecule has 0 bridgehead atoms. The molecule has 0 aromatic heterocycles. The van der Waals surface area contributed by atoms with Crippen molar-refractivity contribution in [1.82, 2.24) is 5.32 Å². The van der Waals surface area contributed by atoms with Crippen LogP contribution in [0.1, 0.15) is 47.9 Å². The van der Waals surface area contributed by atoms with E-state index in [1.807, 2.05) is 0 Å². The summed E-state index contributed by atoms with van der Waals surface area (Å²) >= 11 is 6.01. The number of benzene rings is 2. The summed E-state index contributed by atoms with van der Waals surface area (Å²) in [5, 5.41) is 3.22. The van der Waals surface area contributed by atoms with Crippen LogP contribution in [-0.2, 0) is 9.53 Å². The molecular weight excluding hydrogens is 366 g/mol. The Morgan fingerprint density at radius 1 is 1.11 bits per heavy atom. The number of amides is 1. The van der Waals surface area contributed by atoms with Gasteiger partial charge in [-0.05, 0) is 62.2 Å². The van der Waals surface area contributed by atoms with Crippen molar-refractivity contribution >= 4 is 29.8 Å². The van der Waals surface area contributed by atoms with E-state index in [1.165, 1.54) is 0 Å². The van der Waals surface area contributed by atoms with Crippen molar-refractivity contribution in [1.29, 1.82) is 0 Å². The smallest absolute Gasteiger partial charge is 0.308 e. The van der Waals surface area contributed by atoms with E-state index in [0.717, 1.165) is 11.8 Å². The Kier molecular flexibility index (Phi) is 6.75. The second kappa shape index (κ2) is 8.82. The highest BCUT2D eigenvalue weighted by molar-refractivity contribution is 6.31. The maximum atomic E-state index is 12.2. The average molecular weight is 388 g/mol. The Balaban J connectivity index is 1.99. The number of carbonyl (C=O) groups excluding carboxylic acids is 3. The third kappa shape index (κ3) is 6.22. The van der Waals surface area contributed by atoms with Crippen LogP contribution in [0.4, 0.5) is 0 Å². The monoisotopic (exact) mass is 387 g/mol. The Morgan fingerprint density at radius 3 is 2.37 bits per heavy atom. The zero-order valence-electron chi connectivity index (χ0n) is 15.5. The normalized spacial score (nSPS) is 11.0. The first-order valence-corrected chi connectivity index (χ1v) is 8.92. The SMILES string of the molecule is CC(C)(C)OC(=O)CCNC(=O)c1ccc(-c2cc(Cl)ccc2C=O)cc1. The quantitative estimate of drug-likeness (QED) is 0.593. The highest BCUT2D eigenvalue weighted by Crippen LogP contribution is 2.26. The molecule has 1 amide bonds. The minimum Gasteiger partial charge on any atom is -0.460 e. The molecule has 0 saturated carbocycles. The highest BCUT2D eigenvalue weighted by Gasteiger charge is 2.16. The highest BCUT2D eigenvalue weighted by atomic mass is 35.5. The van der Waals surface area contributed by atoms with Gasteiger partial charge in [-0.1, -0.05) is 23.7 Å². The Hall–Kier alpha value is -2.66. The summed E-state index contributed by atoms with van der Waals surface area (Å²) < 4.78 is 5.19. The second-order valence-electron chi connectivity index (χ2n) is 7.02. The molecule has 0 saturated heterocycles. The number of hydrogen-bond donors (Lipinski definition) is 1. The van der Waals surface area contributed by atoms with Crippen LogP contribution >= 0.6 is 11.6 Å². The molecule has 142 valence electrons. The van der Waals surface area contributed by atoms with Crippen LogP contribution in [0.5, 0.6) is 0 Å². The predicted molar refractivity (Wildman–Crippen MR) is 105 cm³/mol. The van der Waals surface area contributed by atoms with Gasteiger partial charge in [0, 0.05) is 22.7 Å². The number of ether oxygens (including phenoxy) is 1. The molecule has 0 atom stereocenters. The third-order valence-corrected chi connectivity index (χ3v) is 3.87. The van der Waals surface area contributed by atoms with Crippen LogP contribution in [0.3, 0.4) is 0 Å². The van der Waals surface area contributed by atoms with E-state index in [-0.39, 0.29) is 24.8 Å². The molecule has 0 aliphatic rings. The van der Waals surface area contributed by atoms with Gasteiger partial charge in [0.2, 0.25) is 0 Å². The lowest BCUT2D eigenvalue weighted by Gasteiger charge is -2.19. The fourth-order valence-corrected chi connectivity index (χ4v) is 2.63. The predicted octanol–water partition coefficient (Wildman–Crippen LogP) is 4.28. The fourth-order valence-electron chi connectivity index (χ4n) is 2.46. The molecule has 5 nitrogen and oxygen atoms in total. The second-order valence-corrected chi connectivity index (χ2v) is 7.46. The molecule has 0 spiro atoms. The first kappa shape index (κ1) is 20.6. The third-order valence-electron chi connectivity index (χ3n) is 3.64. The van der Waals surface area contributed by atoms with Crippen molar-refractivity contribution in [2.24, 2.45) is 0 Å². The minimum absolute atomic E-state index is 0.103. The van der Waals surface area contributed by atoms with E-state index in [0.29, 0.717) is 21.7 Å². The van der Waals surface area contributed by atoms with Gasteiger partial charge in [-0.3, -0.25) is 14.4 Å². The lowest BCUT2D eigenvalue weighted by Crippen LogP contribution is -2.29. The maximum Gasteiger partial charge on any atom is 0.308 e. The largest absolute Gasteiger partial charge is 0.460 e. The number of hydrogen-bond acceptors (Lipinski definition) is 4. The van der Waals surface area contributed by atoms with E-state index >= 15 is 0 Å². The van der Waals surface area contributed by atoms with E-state index < -0.39 is 5.60 Å². The van der Waals surface area contributed by atoms with Crippen molar-refractivity contribution < 1.29 is 19.1 Å². The Bertz CT molecular complexity index is 838. The molecular formula is C21H22ClNO4. The molecule has 6 heteroatoms. The van der Waals surface area contributed by atoms with Crippen LogP contribution in [-0.4, -0.2) is 30.3 Å². The van der Waals surface area contributed by atoms with Crippen molar-refractivity contribution in [2.45, 2.75) is 32.8 Å². The van der Waals surface area contributed by atoms with Gasteiger partial charge in [-0.25, -0.2) is 0 Å². The van der Waals surface area contributed by atoms with E-state index in [2.05, 4.69) is 5.32 Å². The van der Waals surface area contributed by atoms with Gasteiger partial charge in [-0.15, -0.1) is 0 Å². The van der Waals surface area contributed by atoms with Gasteiger partial charge in [0.1, 0.15) is 5.60 Å². The summed E-state index contributed by atoms with van der Waals surface area (Å²) in [7, 11) is 0. The summed E-state index contributed by atoms with van der Waals surface area (Å²) in [4.78, 5) is 35.1. The van der Waals surface area contributed by atoms with Crippen LogP contribution in [0.2, 0.25) is 5.02 Å². The molecule has 0 unspecified atom stereocenters. The number of halogens is 1. The zero-order chi connectivity index (χ0) is 20.0. The molecule has 0 heterocycles. The number of esters is 1. The molecule has 0 aliphatic carbocycles. The molecule has 1 N–H and O–H groups in total.